The molecule has 0 aliphatic carbocycles. The van der Waals surface area contributed by atoms with Gasteiger partial charge in [-0.3, -0.25) is 0 Å². The Labute approximate surface area is 139 Å². The number of alkyl halides is 3. The minimum Gasteiger partial charge on any atom is -0.233 e. The van der Waals surface area contributed by atoms with Crippen molar-refractivity contribution in [2.24, 2.45) is 0 Å². The first-order chi connectivity index (χ1) is 11.3. The van der Waals surface area contributed by atoms with E-state index in [2.05, 4.69) is 10.1 Å². The van der Waals surface area contributed by atoms with Crippen LogP contribution in [0.1, 0.15) is 11.6 Å². The van der Waals surface area contributed by atoms with E-state index in [0.717, 1.165) is 40.5 Å². The molecule has 126 valence electrons. The van der Waals surface area contributed by atoms with Gasteiger partial charge in [-0.1, -0.05) is 12.1 Å². The molecule has 24 heavy (non-hydrogen) atoms. The van der Waals surface area contributed by atoms with Gasteiger partial charge in [-0.25, -0.2) is 18.2 Å². The van der Waals surface area contributed by atoms with Crippen LogP contribution in [0.25, 0.3) is 5.65 Å². The lowest BCUT2D eigenvalue weighted by Gasteiger charge is -2.29. The first-order valence-corrected chi connectivity index (χ1v) is 7.64. The lowest BCUT2D eigenvalue weighted by atomic mass is 10.1. The Morgan fingerprint density at radius 1 is 1.17 bits per heavy atom. The zero-order chi connectivity index (χ0) is 17.3. The lowest BCUT2D eigenvalue weighted by molar-refractivity contribution is -0.169. The van der Waals surface area contributed by atoms with Gasteiger partial charge in [-0.15, -0.1) is 0 Å². The van der Waals surface area contributed by atoms with Crippen molar-refractivity contribution in [3.8, 4) is 0 Å². The molecule has 0 unspecified atom stereocenters. The van der Waals surface area contributed by atoms with Gasteiger partial charge in [0.05, 0.1) is 0 Å². The summed E-state index contributed by atoms with van der Waals surface area (Å²) in [5.74, 6) is -0.577. The third-order valence-electron chi connectivity index (χ3n) is 3.36. The second-order valence-electron chi connectivity index (χ2n) is 5.06. The number of aromatic nitrogens is 3. The maximum Gasteiger partial charge on any atom is 0.408 e. The molecule has 0 saturated heterocycles. The summed E-state index contributed by atoms with van der Waals surface area (Å²) in [5.41, 5.74) is 0.515. The highest BCUT2D eigenvalue weighted by molar-refractivity contribution is 7.97. The smallest absolute Gasteiger partial charge is 0.233 e. The van der Waals surface area contributed by atoms with E-state index < -0.39 is 18.0 Å². The van der Waals surface area contributed by atoms with E-state index in [1.54, 1.807) is 18.3 Å². The van der Waals surface area contributed by atoms with Crippen molar-refractivity contribution in [3.05, 3.63) is 60.3 Å². The van der Waals surface area contributed by atoms with Gasteiger partial charge < -0.3 is 0 Å². The molecule has 1 aromatic carbocycles. The summed E-state index contributed by atoms with van der Waals surface area (Å²) < 4.78 is 56.1. The maximum atomic E-state index is 13.5. The van der Waals surface area contributed by atoms with Gasteiger partial charge in [-0.2, -0.15) is 18.3 Å². The molecule has 0 N–H and O–H groups in total. The normalized spacial score (nSPS) is 13.6. The van der Waals surface area contributed by atoms with Crippen LogP contribution < -0.4 is 0 Å². The summed E-state index contributed by atoms with van der Waals surface area (Å²) in [6, 6.07) is 5.77. The van der Waals surface area contributed by atoms with Crippen LogP contribution in [0.4, 0.5) is 17.6 Å². The number of nitrogens with zero attached hydrogens (tertiary/aromatic N) is 4. The van der Waals surface area contributed by atoms with E-state index >= 15 is 0 Å². The minimum absolute atomic E-state index is 0.0255. The molecule has 0 spiro atoms. The number of fused-ring (bicyclic) bond motifs is 1. The quantitative estimate of drug-likeness (QED) is 0.520. The van der Waals surface area contributed by atoms with Crippen molar-refractivity contribution in [1.29, 1.82) is 0 Å². The van der Waals surface area contributed by atoms with Gasteiger partial charge in [0.25, 0.3) is 0 Å². The zero-order valence-corrected chi connectivity index (χ0v) is 13.2. The summed E-state index contributed by atoms with van der Waals surface area (Å²) in [5, 5.41) is 3.94. The van der Waals surface area contributed by atoms with E-state index in [1.807, 2.05) is 0 Å². The Morgan fingerprint density at radius 2 is 1.88 bits per heavy atom. The fraction of sp³-hybridized carbons (Fsp3) is 0.200. The number of rotatable bonds is 4. The molecule has 9 heteroatoms. The predicted molar refractivity (Wildman–Crippen MR) is 81.8 cm³/mol. The molecule has 2 aromatic heterocycles. The van der Waals surface area contributed by atoms with Crippen molar-refractivity contribution < 1.29 is 17.6 Å². The Bertz CT molecular complexity index is 831. The van der Waals surface area contributed by atoms with Crippen LogP contribution in [0.2, 0.25) is 0 Å². The second kappa shape index (κ2) is 6.40. The van der Waals surface area contributed by atoms with Gasteiger partial charge >= 0.3 is 6.18 Å². The van der Waals surface area contributed by atoms with E-state index in [1.165, 1.54) is 17.9 Å². The topological polar surface area (TPSA) is 33.4 Å². The molecule has 0 fully saturated rings. The molecular weight excluding hydrogens is 344 g/mol. The molecule has 0 aliphatic heterocycles. The van der Waals surface area contributed by atoms with Crippen molar-refractivity contribution in [1.82, 2.24) is 18.9 Å². The summed E-state index contributed by atoms with van der Waals surface area (Å²) in [6.45, 7) is 0. The average molecular weight is 356 g/mol. The number of hydrogen-bond donors (Lipinski definition) is 0. The van der Waals surface area contributed by atoms with Crippen molar-refractivity contribution in [3.63, 3.8) is 0 Å². The molecule has 0 aliphatic rings. The Balaban J connectivity index is 1.88. The standard InChI is InChI=1S/C15H12F4N4S/c1-22(24-12-6-7-23-13(8-12)20-9-21-23)14(15(17,18)19)10-2-4-11(16)5-3-10/h2-9,14H,1H3/t14-/m1/s1. The molecule has 0 amide bonds. The first kappa shape index (κ1) is 16.7. The largest absolute Gasteiger partial charge is 0.408 e. The van der Waals surface area contributed by atoms with Gasteiger partial charge in [0.15, 0.2) is 5.65 Å². The fourth-order valence-corrected chi connectivity index (χ4v) is 3.28. The van der Waals surface area contributed by atoms with E-state index in [9.17, 15) is 17.6 Å². The van der Waals surface area contributed by atoms with Crippen LogP contribution in [0.15, 0.2) is 53.8 Å². The van der Waals surface area contributed by atoms with E-state index in [-0.39, 0.29) is 5.56 Å². The highest BCUT2D eigenvalue weighted by Gasteiger charge is 2.44. The minimum atomic E-state index is -4.50. The van der Waals surface area contributed by atoms with Gasteiger partial charge in [0.1, 0.15) is 18.2 Å². The highest BCUT2D eigenvalue weighted by atomic mass is 32.2. The number of benzene rings is 1. The molecule has 0 saturated carbocycles. The van der Waals surface area contributed by atoms with Gasteiger partial charge in [0.2, 0.25) is 0 Å². The second-order valence-corrected chi connectivity index (χ2v) is 6.29. The molecule has 1 atom stereocenters. The molecular formula is C15H12F4N4S. The zero-order valence-electron chi connectivity index (χ0n) is 12.4. The summed E-state index contributed by atoms with van der Waals surface area (Å²) in [4.78, 5) is 4.60. The third kappa shape index (κ3) is 3.51. The molecule has 0 bridgehead atoms. The SMILES string of the molecule is CN(Sc1ccn2ncnc2c1)[C@H](c1ccc(F)cc1)C(F)(F)F. The van der Waals surface area contributed by atoms with Crippen LogP contribution >= 0.6 is 11.9 Å². The molecule has 3 aromatic rings. The molecule has 3 rings (SSSR count). The lowest BCUT2D eigenvalue weighted by Crippen LogP contribution is -2.31. The molecule has 0 radical (unpaired) electrons. The summed E-state index contributed by atoms with van der Waals surface area (Å²) in [7, 11) is 1.35. The van der Waals surface area contributed by atoms with Crippen LogP contribution in [-0.2, 0) is 0 Å². The Morgan fingerprint density at radius 3 is 2.54 bits per heavy atom. The first-order valence-electron chi connectivity index (χ1n) is 6.87. The van der Waals surface area contributed by atoms with Crippen LogP contribution in [-0.4, -0.2) is 32.1 Å². The molecule has 2 heterocycles. The average Bonchev–Trinajstić information content (AvgIpc) is 2.95. The van der Waals surface area contributed by atoms with E-state index in [4.69, 9.17) is 0 Å². The number of hydrogen-bond acceptors (Lipinski definition) is 4. The van der Waals surface area contributed by atoms with E-state index in [0.29, 0.717) is 10.5 Å². The van der Waals surface area contributed by atoms with Crippen molar-refractivity contribution in [2.45, 2.75) is 17.1 Å². The van der Waals surface area contributed by atoms with Crippen molar-refractivity contribution >= 4 is 17.6 Å². The predicted octanol–water partition coefficient (Wildman–Crippen LogP) is 4.11. The number of halogens is 4. The summed E-state index contributed by atoms with van der Waals surface area (Å²) >= 11 is 0.934. The van der Waals surface area contributed by atoms with Crippen LogP contribution in [0.5, 0.6) is 0 Å². The maximum absolute atomic E-state index is 13.5. The van der Waals surface area contributed by atoms with Gasteiger partial charge in [-0.05, 0) is 48.8 Å². The number of pyridine rings is 1. The van der Waals surface area contributed by atoms with Crippen molar-refractivity contribution in [2.75, 3.05) is 7.05 Å². The summed E-state index contributed by atoms with van der Waals surface area (Å²) in [6.07, 6.45) is -1.51. The fourth-order valence-electron chi connectivity index (χ4n) is 2.32. The molecule has 4 nitrogen and oxygen atoms in total. The Hall–Kier alpha value is -2.13. The van der Waals surface area contributed by atoms with Crippen LogP contribution in [0, 0.1) is 5.82 Å². The highest BCUT2D eigenvalue weighted by Crippen LogP contribution is 2.41. The third-order valence-corrected chi connectivity index (χ3v) is 4.32. The Kier molecular flexibility index (Phi) is 4.46. The monoisotopic (exact) mass is 356 g/mol. The van der Waals surface area contributed by atoms with Crippen LogP contribution in [0.3, 0.4) is 0 Å². The van der Waals surface area contributed by atoms with Gasteiger partial charge in [0, 0.05) is 11.1 Å².